The van der Waals surface area contributed by atoms with Gasteiger partial charge in [-0.3, -0.25) is 4.79 Å². The third-order valence-corrected chi connectivity index (χ3v) is 4.43. The third kappa shape index (κ3) is 3.52. The zero-order chi connectivity index (χ0) is 13.8. The molecule has 0 fully saturated rings. The van der Waals surface area contributed by atoms with Gasteiger partial charge >= 0.3 is 0 Å². The maximum atomic E-state index is 12.1. The zero-order valence-corrected chi connectivity index (χ0v) is 13.3. The lowest BCUT2D eigenvalue weighted by Gasteiger charge is -2.05. The number of nitrogens with one attached hydrogen (secondary N) is 1. The number of anilines is 1. The predicted octanol–water partition coefficient (Wildman–Crippen LogP) is 4.16. The molecule has 0 radical (unpaired) electrons. The van der Waals surface area contributed by atoms with E-state index < -0.39 is 0 Å². The fourth-order valence-corrected chi connectivity index (χ4v) is 2.57. The van der Waals surface area contributed by atoms with Crippen molar-refractivity contribution in [2.45, 2.75) is 19.8 Å². The number of aromatic nitrogens is 2. The molecule has 100 valence electrons. The van der Waals surface area contributed by atoms with Crippen molar-refractivity contribution in [3.8, 4) is 0 Å². The van der Waals surface area contributed by atoms with E-state index in [2.05, 4.69) is 30.8 Å². The summed E-state index contributed by atoms with van der Waals surface area (Å²) in [6.07, 6.45) is 1.68. The topological polar surface area (TPSA) is 54.9 Å². The first-order chi connectivity index (χ1) is 9.11. The number of hydrogen-bond donors (Lipinski definition) is 1. The van der Waals surface area contributed by atoms with Gasteiger partial charge in [0, 0.05) is 10.2 Å². The Balaban J connectivity index is 2.16. The molecule has 0 bridgehead atoms. The molecule has 1 heterocycles. The van der Waals surface area contributed by atoms with Crippen molar-refractivity contribution in [1.82, 2.24) is 9.59 Å². The lowest BCUT2D eigenvalue weighted by atomic mass is 10.2. The number of benzene rings is 1. The summed E-state index contributed by atoms with van der Waals surface area (Å²) >= 11 is 10.4. The van der Waals surface area contributed by atoms with Crippen LogP contribution in [0, 0.1) is 0 Å². The first-order valence-corrected chi connectivity index (χ1v) is 7.64. The number of rotatable bonds is 4. The Kier molecular flexibility index (Phi) is 4.90. The second kappa shape index (κ2) is 6.45. The summed E-state index contributed by atoms with van der Waals surface area (Å²) in [6, 6.07) is 5.26. The molecule has 4 nitrogen and oxygen atoms in total. The van der Waals surface area contributed by atoms with Crippen molar-refractivity contribution in [2.24, 2.45) is 0 Å². The molecule has 1 aromatic heterocycles. The van der Waals surface area contributed by atoms with Gasteiger partial charge in [0.2, 0.25) is 0 Å². The number of carbonyl (C=O) groups excluding carboxylic acids is 1. The molecule has 0 aliphatic rings. The van der Waals surface area contributed by atoms with E-state index in [4.69, 9.17) is 11.6 Å². The molecule has 19 heavy (non-hydrogen) atoms. The number of hydrogen-bond acceptors (Lipinski definition) is 4. The summed E-state index contributed by atoms with van der Waals surface area (Å²) in [5, 5.41) is 7.32. The average Bonchev–Trinajstić information content (AvgIpc) is 2.83. The lowest BCUT2D eigenvalue weighted by Crippen LogP contribution is -2.12. The van der Waals surface area contributed by atoms with E-state index in [1.165, 1.54) is 0 Å². The van der Waals surface area contributed by atoms with E-state index in [1.807, 2.05) is 6.92 Å². The quantitative estimate of drug-likeness (QED) is 0.890. The van der Waals surface area contributed by atoms with E-state index in [0.717, 1.165) is 34.5 Å². The molecule has 2 aromatic rings. The highest BCUT2D eigenvalue weighted by atomic mass is 79.9. The number of halogens is 2. The normalized spacial score (nSPS) is 10.5. The van der Waals surface area contributed by atoms with Gasteiger partial charge in [-0.1, -0.05) is 29.4 Å². The van der Waals surface area contributed by atoms with Crippen LogP contribution in [0.5, 0.6) is 0 Å². The van der Waals surface area contributed by atoms with Crippen molar-refractivity contribution in [3.63, 3.8) is 0 Å². The van der Waals surface area contributed by atoms with Crippen LogP contribution in [-0.2, 0) is 6.42 Å². The van der Waals surface area contributed by atoms with E-state index in [-0.39, 0.29) is 5.91 Å². The Bertz CT molecular complexity index is 602. The Morgan fingerprint density at radius 2 is 2.32 bits per heavy atom. The van der Waals surface area contributed by atoms with Crippen molar-refractivity contribution in [2.75, 3.05) is 5.32 Å². The summed E-state index contributed by atoms with van der Waals surface area (Å²) in [4.78, 5) is 12.7. The molecular formula is C12H11BrClN3OS. The molecule has 0 aliphatic carbocycles. The Hall–Kier alpha value is -0.980. The average molecular weight is 361 g/mol. The minimum Gasteiger partial charge on any atom is -0.321 e. The lowest BCUT2D eigenvalue weighted by molar-refractivity contribution is 0.102. The molecule has 1 N–H and O–H groups in total. The SMILES string of the molecule is CCCc1nnsc1C(=O)Nc1ccc(Br)c(Cl)c1. The van der Waals surface area contributed by atoms with E-state index in [0.29, 0.717) is 15.6 Å². The fourth-order valence-electron chi connectivity index (χ4n) is 1.54. The largest absolute Gasteiger partial charge is 0.321 e. The van der Waals surface area contributed by atoms with Crippen molar-refractivity contribution in [1.29, 1.82) is 0 Å². The fraction of sp³-hybridized carbons (Fsp3) is 0.250. The molecule has 0 saturated carbocycles. The van der Waals surface area contributed by atoms with Crippen LogP contribution in [0.1, 0.15) is 28.7 Å². The van der Waals surface area contributed by atoms with Crippen LogP contribution in [0.3, 0.4) is 0 Å². The van der Waals surface area contributed by atoms with Gasteiger partial charge in [0.1, 0.15) is 4.88 Å². The van der Waals surface area contributed by atoms with Crippen molar-refractivity contribution >= 4 is 50.7 Å². The minimum absolute atomic E-state index is 0.197. The van der Waals surface area contributed by atoms with Gasteiger partial charge in [-0.05, 0) is 52.1 Å². The first-order valence-electron chi connectivity index (χ1n) is 5.69. The Morgan fingerprint density at radius 1 is 1.53 bits per heavy atom. The van der Waals surface area contributed by atoms with Crippen LogP contribution in [-0.4, -0.2) is 15.5 Å². The second-order valence-electron chi connectivity index (χ2n) is 3.88. The molecule has 0 unspecified atom stereocenters. The summed E-state index contributed by atoms with van der Waals surface area (Å²) in [7, 11) is 0. The van der Waals surface area contributed by atoms with Gasteiger partial charge in [0.25, 0.3) is 5.91 Å². The zero-order valence-electron chi connectivity index (χ0n) is 10.1. The molecule has 0 saturated heterocycles. The summed E-state index contributed by atoms with van der Waals surface area (Å²) in [6.45, 7) is 2.04. The van der Waals surface area contributed by atoms with E-state index in [1.54, 1.807) is 18.2 Å². The highest BCUT2D eigenvalue weighted by molar-refractivity contribution is 9.10. The predicted molar refractivity (Wildman–Crippen MR) is 81.0 cm³/mol. The molecule has 0 atom stereocenters. The van der Waals surface area contributed by atoms with Crippen LogP contribution in [0.25, 0.3) is 0 Å². The highest BCUT2D eigenvalue weighted by Gasteiger charge is 2.16. The monoisotopic (exact) mass is 359 g/mol. The van der Waals surface area contributed by atoms with Crippen LogP contribution in [0.2, 0.25) is 5.02 Å². The maximum absolute atomic E-state index is 12.1. The molecular weight excluding hydrogens is 350 g/mol. The van der Waals surface area contributed by atoms with Gasteiger partial charge in [-0.2, -0.15) is 0 Å². The summed E-state index contributed by atoms with van der Waals surface area (Å²) in [5.74, 6) is -0.197. The van der Waals surface area contributed by atoms with Gasteiger partial charge in [0.15, 0.2) is 0 Å². The van der Waals surface area contributed by atoms with Gasteiger partial charge < -0.3 is 5.32 Å². The second-order valence-corrected chi connectivity index (χ2v) is 5.90. The maximum Gasteiger partial charge on any atom is 0.269 e. The Labute approximate surface area is 128 Å². The summed E-state index contributed by atoms with van der Waals surface area (Å²) < 4.78 is 4.62. The number of carbonyl (C=O) groups is 1. The minimum atomic E-state index is -0.197. The molecule has 1 aromatic carbocycles. The molecule has 0 spiro atoms. The van der Waals surface area contributed by atoms with Gasteiger partial charge in [-0.15, -0.1) is 5.10 Å². The van der Waals surface area contributed by atoms with Crippen LogP contribution in [0.4, 0.5) is 5.69 Å². The highest BCUT2D eigenvalue weighted by Crippen LogP contribution is 2.26. The molecule has 2 rings (SSSR count). The van der Waals surface area contributed by atoms with Gasteiger partial charge in [-0.25, -0.2) is 0 Å². The van der Waals surface area contributed by atoms with Crippen LogP contribution in [0.15, 0.2) is 22.7 Å². The third-order valence-electron chi connectivity index (χ3n) is 2.43. The number of aryl methyl sites for hydroxylation is 1. The Morgan fingerprint density at radius 3 is 3.00 bits per heavy atom. The number of amides is 1. The van der Waals surface area contributed by atoms with Crippen molar-refractivity contribution in [3.05, 3.63) is 38.3 Å². The standard InChI is InChI=1S/C12H11BrClN3OS/c1-2-3-10-11(19-17-16-10)12(18)15-7-4-5-8(13)9(14)6-7/h4-6H,2-3H2,1H3,(H,15,18). The van der Waals surface area contributed by atoms with Gasteiger partial charge in [0.05, 0.1) is 10.7 Å². The summed E-state index contributed by atoms with van der Waals surface area (Å²) in [5.41, 5.74) is 1.39. The first kappa shape index (κ1) is 14.4. The van der Waals surface area contributed by atoms with E-state index >= 15 is 0 Å². The van der Waals surface area contributed by atoms with Crippen LogP contribution < -0.4 is 5.32 Å². The molecule has 1 amide bonds. The molecule has 7 heteroatoms. The molecule has 0 aliphatic heterocycles. The van der Waals surface area contributed by atoms with Crippen LogP contribution >= 0.6 is 39.1 Å². The smallest absolute Gasteiger partial charge is 0.269 e. The van der Waals surface area contributed by atoms with Crippen molar-refractivity contribution < 1.29 is 4.79 Å². The van der Waals surface area contributed by atoms with E-state index in [9.17, 15) is 4.79 Å². The number of nitrogens with zero attached hydrogens (tertiary/aromatic N) is 2.